The minimum Gasteiger partial charge on any atom is -0.488 e. The van der Waals surface area contributed by atoms with Gasteiger partial charge in [-0.2, -0.15) is 5.26 Å². The number of aliphatic hydroxyl groups is 2. The van der Waals surface area contributed by atoms with E-state index in [1.54, 1.807) is 12.3 Å². The van der Waals surface area contributed by atoms with Gasteiger partial charge in [-0.3, -0.25) is 4.98 Å². The van der Waals surface area contributed by atoms with Crippen LogP contribution in [-0.4, -0.2) is 27.8 Å². The lowest BCUT2D eigenvalue weighted by molar-refractivity contribution is 0.205. The quantitative estimate of drug-likeness (QED) is 0.207. The third-order valence-corrected chi connectivity index (χ3v) is 7.61. The number of halogens is 1. The highest BCUT2D eigenvalue weighted by Gasteiger charge is 2.28. The predicted molar refractivity (Wildman–Crippen MR) is 158 cm³/mol. The zero-order valence-corrected chi connectivity index (χ0v) is 23.6. The number of nitrogens with one attached hydrogen (secondary N) is 1. The van der Waals surface area contributed by atoms with Crippen LogP contribution in [0.25, 0.3) is 11.1 Å². The summed E-state index contributed by atoms with van der Waals surface area (Å²) < 4.78 is 12.7. The molecule has 7 nitrogen and oxygen atoms in total. The van der Waals surface area contributed by atoms with Gasteiger partial charge in [0, 0.05) is 42.2 Å². The summed E-state index contributed by atoms with van der Waals surface area (Å²) >= 11 is 6.75. The predicted octanol–water partition coefficient (Wildman–Crippen LogP) is 5.88. The van der Waals surface area contributed by atoms with E-state index in [1.807, 2.05) is 49.4 Å². The fraction of sp³-hybridized carbons (Fsp3) is 0.273. The van der Waals surface area contributed by atoms with Crippen molar-refractivity contribution < 1.29 is 19.7 Å². The van der Waals surface area contributed by atoms with Gasteiger partial charge in [-0.25, -0.2) is 0 Å². The van der Waals surface area contributed by atoms with Crippen LogP contribution in [0.5, 0.6) is 11.5 Å². The monoisotopic (exact) mass is 569 g/mol. The second kappa shape index (κ2) is 13.2. The average Bonchev–Trinajstić information content (AvgIpc) is 3.43. The highest BCUT2D eigenvalue weighted by molar-refractivity contribution is 6.32. The molecule has 3 N–H and O–H groups in total. The Kier molecular flexibility index (Phi) is 9.17. The zero-order valence-electron chi connectivity index (χ0n) is 22.8. The van der Waals surface area contributed by atoms with E-state index < -0.39 is 0 Å². The molecule has 0 aliphatic heterocycles. The van der Waals surface area contributed by atoms with Gasteiger partial charge in [0.1, 0.15) is 30.3 Å². The summed E-state index contributed by atoms with van der Waals surface area (Å²) in [6.07, 6.45) is 4.63. The summed E-state index contributed by atoms with van der Waals surface area (Å²) in [5, 5.41) is 32.3. The van der Waals surface area contributed by atoms with Crippen LogP contribution in [0.4, 0.5) is 0 Å². The topological polar surface area (TPSA) is 108 Å². The van der Waals surface area contributed by atoms with Crippen LogP contribution >= 0.6 is 11.6 Å². The van der Waals surface area contributed by atoms with Gasteiger partial charge in [-0.1, -0.05) is 54.1 Å². The SMILES string of the molecule is C[C@H](CO)NCc1cc(Cl)c(O[C@H]2CCc3c(-c4ccccc4CO)cccc32)cc1OCc1cncc(C#N)c1. The summed E-state index contributed by atoms with van der Waals surface area (Å²) in [6, 6.07) is 21.5. The van der Waals surface area contributed by atoms with E-state index in [2.05, 4.69) is 28.5 Å². The molecule has 0 fully saturated rings. The Morgan fingerprint density at radius 2 is 1.88 bits per heavy atom. The third kappa shape index (κ3) is 6.53. The fourth-order valence-electron chi connectivity index (χ4n) is 5.14. The maximum Gasteiger partial charge on any atom is 0.142 e. The molecule has 4 aromatic rings. The molecule has 0 spiro atoms. The second-order valence-electron chi connectivity index (χ2n) is 10.2. The lowest BCUT2D eigenvalue weighted by Crippen LogP contribution is -2.28. The maximum absolute atomic E-state index is 9.89. The molecule has 0 amide bonds. The van der Waals surface area contributed by atoms with Gasteiger partial charge in [0.25, 0.3) is 0 Å². The first-order valence-corrected chi connectivity index (χ1v) is 14.0. The molecule has 41 heavy (non-hydrogen) atoms. The Morgan fingerprint density at radius 3 is 2.68 bits per heavy atom. The van der Waals surface area contributed by atoms with E-state index in [-0.39, 0.29) is 32.0 Å². The number of fused-ring (bicyclic) bond motifs is 1. The first kappa shape index (κ1) is 28.6. The van der Waals surface area contributed by atoms with Crippen LogP contribution in [-0.2, 0) is 26.2 Å². The summed E-state index contributed by atoms with van der Waals surface area (Å²) in [7, 11) is 0. The molecular weight excluding hydrogens is 538 g/mol. The largest absolute Gasteiger partial charge is 0.488 e. The molecule has 3 aromatic carbocycles. The smallest absolute Gasteiger partial charge is 0.142 e. The molecule has 0 bridgehead atoms. The van der Waals surface area contributed by atoms with Gasteiger partial charge >= 0.3 is 0 Å². The number of hydrogen-bond donors (Lipinski definition) is 3. The Bertz CT molecular complexity index is 1570. The second-order valence-corrected chi connectivity index (χ2v) is 10.6. The standard InChI is InChI=1S/C33H32ClN3O4/c1-21(18-38)37-17-25-12-30(34)33(13-32(25)40-20-23-11-22(14-35)15-36-16-23)41-31-10-9-28-27(7-4-8-29(28)31)26-6-3-2-5-24(26)19-39/h2-8,11-13,15-16,21,31,37-39H,9-10,17-20H2,1H3/t21-,31+/m1/s1. The third-order valence-electron chi connectivity index (χ3n) is 7.31. The number of rotatable bonds is 11. The zero-order chi connectivity index (χ0) is 28.8. The van der Waals surface area contributed by atoms with Crippen molar-refractivity contribution in [1.29, 1.82) is 5.26 Å². The first-order chi connectivity index (χ1) is 20.0. The van der Waals surface area contributed by atoms with E-state index in [4.69, 9.17) is 21.1 Å². The van der Waals surface area contributed by atoms with Crippen molar-refractivity contribution in [3.8, 4) is 28.7 Å². The van der Waals surface area contributed by atoms with E-state index in [1.165, 1.54) is 11.8 Å². The normalized spacial score (nSPS) is 14.8. The summed E-state index contributed by atoms with van der Waals surface area (Å²) in [4.78, 5) is 4.12. The van der Waals surface area contributed by atoms with Gasteiger partial charge in [-0.15, -0.1) is 0 Å². The van der Waals surface area contributed by atoms with Crippen LogP contribution in [0.3, 0.4) is 0 Å². The number of aliphatic hydroxyl groups excluding tert-OH is 2. The minimum absolute atomic E-state index is 0.00357. The lowest BCUT2D eigenvalue weighted by atomic mass is 9.93. The molecule has 1 heterocycles. The van der Waals surface area contributed by atoms with Gasteiger partial charge < -0.3 is 25.0 Å². The van der Waals surface area contributed by atoms with Crippen LogP contribution in [0.15, 0.2) is 73.1 Å². The van der Waals surface area contributed by atoms with E-state index in [0.29, 0.717) is 28.6 Å². The van der Waals surface area contributed by atoms with Crippen LogP contribution in [0.1, 0.15) is 52.8 Å². The minimum atomic E-state index is -0.188. The van der Waals surface area contributed by atoms with E-state index >= 15 is 0 Å². The van der Waals surface area contributed by atoms with Crippen molar-refractivity contribution in [2.24, 2.45) is 0 Å². The summed E-state index contributed by atoms with van der Waals surface area (Å²) in [5.41, 5.74) is 7.42. The number of nitriles is 1. The molecule has 8 heteroatoms. The molecular formula is C33H32ClN3O4. The van der Waals surface area contributed by atoms with Gasteiger partial charge in [0.05, 0.1) is 23.8 Å². The van der Waals surface area contributed by atoms with Crippen molar-refractivity contribution in [2.45, 2.75) is 51.7 Å². The van der Waals surface area contributed by atoms with E-state index in [9.17, 15) is 15.5 Å². The highest BCUT2D eigenvalue weighted by Crippen LogP contribution is 2.43. The number of nitrogens with zero attached hydrogens (tertiary/aromatic N) is 2. The fourth-order valence-corrected chi connectivity index (χ4v) is 5.37. The molecule has 1 aromatic heterocycles. The van der Waals surface area contributed by atoms with Crippen molar-refractivity contribution in [1.82, 2.24) is 10.3 Å². The molecule has 0 saturated heterocycles. The highest BCUT2D eigenvalue weighted by atomic mass is 35.5. The van der Waals surface area contributed by atoms with E-state index in [0.717, 1.165) is 46.2 Å². The van der Waals surface area contributed by atoms with Crippen molar-refractivity contribution >= 4 is 11.6 Å². The van der Waals surface area contributed by atoms with Gasteiger partial charge in [-0.05, 0) is 59.7 Å². The molecule has 1 aliphatic rings. The lowest BCUT2D eigenvalue weighted by Gasteiger charge is -2.20. The van der Waals surface area contributed by atoms with Crippen molar-refractivity contribution in [3.05, 3.63) is 111 Å². The summed E-state index contributed by atoms with van der Waals surface area (Å²) in [6.45, 7) is 2.53. The Balaban J connectivity index is 1.42. The van der Waals surface area contributed by atoms with Crippen LogP contribution in [0, 0.1) is 11.3 Å². The Morgan fingerprint density at radius 1 is 1.05 bits per heavy atom. The first-order valence-electron chi connectivity index (χ1n) is 13.6. The van der Waals surface area contributed by atoms with Crippen molar-refractivity contribution in [2.75, 3.05) is 6.61 Å². The summed E-state index contributed by atoms with van der Waals surface area (Å²) in [5.74, 6) is 1.11. The Labute approximate surface area is 245 Å². The van der Waals surface area contributed by atoms with Crippen LogP contribution in [0.2, 0.25) is 5.02 Å². The molecule has 5 rings (SSSR count). The maximum atomic E-state index is 9.89. The number of ether oxygens (including phenoxy) is 2. The molecule has 1 aliphatic carbocycles. The van der Waals surface area contributed by atoms with Gasteiger partial charge in [0.15, 0.2) is 0 Å². The number of hydrogen-bond acceptors (Lipinski definition) is 7. The molecule has 2 atom stereocenters. The molecule has 0 radical (unpaired) electrons. The number of benzene rings is 3. The molecule has 0 unspecified atom stereocenters. The van der Waals surface area contributed by atoms with Crippen LogP contribution < -0.4 is 14.8 Å². The van der Waals surface area contributed by atoms with Gasteiger partial charge in [0.2, 0.25) is 0 Å². The van der Waals surface area contributed by atoms with Crippen molar-refractivity contribution in [3.63, 3.8) is 0 Å². The number of pyridine rings is 1. The molecule has 0 saturated carbocycles. The number of aromatic nitrogens is 1. The Hall–Kier alpha value is -3.93. The average molecular weight is 570 g/mol. The molecule has 210 valence electrons.